The molecule has 5 saturated heterocycles. The predicted molar refractivity (Wildman–Crippen MR) is 265 cm³/mol. The van der Waals surface area contributed by atoms with Crippen molar-refractivity contribution in [3.8, 4) is 0 Å². The van der Waals surface area contributed by atoms with E-state index in [0.29, 0.717) is 44.8 Å². The standard InChI is InChI=1S/C26H31N3O6.C21H26N2O7.C7H11NO/c1-19(30)22(27-24(32)34-15-20-9-4-2-5-10-20)23(31)28-17-26(18-28)13-8-14-29(26)25(33)35-16-21-11-6-3-7-12-21;1-14(24)16(11-17(25)29-2)18(26)22-13-21(19(22)27)9-6-10-23(21)20(28)30-12-15-7-4-3-5-8-15;9-6-2-4-7(6)3-1-5-8-7/h2-7,9-12,19,22,30H,8,13-18H2,1H3,(H,27,32);3-5,7-8,14,16,24H,6,9-13H2,1-2H3;8H,1-5H2. The van der Waals surface area contributed by atoms with Crippen molar-refractivity contribution in [3.63, 3.8) is 0 Å². The van der Waals surface area contributed by atoms with Crippen molar-refractivity contribution in [2.75, 3.05) is 46.4 Å². The Morgan fingerprint density at radius 1 is 0.662 bits per heavy atom. The first-order chi connectivity index (χ1) is 35.5. The second kappa shape index (κ2) is 24.4. The fourth-order valence-electron chi connectivity index (χ4n) is 10.4. The van der Waals surface area contributed by atoms with E-state index in [-0.39, 0.29) is 38.3 Å². The fourth-order valence-corrected chi connectivity index (χ4v) is 10.4. The maximum Gasteiger partial charge on any atom is 0.411 e. The van der Waals surface area contributed by atoms with E-state index >= 15 is 0 Å². The summed E-state index contributed by atoms with van der Waals surface area (Å²) in [5.74, 6) is -2.85. The lowest BCUT2D eigenvalue weighted by atomic mass is 9.74. The van der Waals surface area contributed by atoms with Gasteiger partial charge in [-0.1, -0.05) is 91.0 Å². The average molecular weight is 1030 g/mol. The van der Waals surface area contributed by atoms with Crippen molar-refractivity contribution < 1.29 is 67.5 Å². The summed E-state index contributed by atoms with van der Waals surface area (Å²) in [6.45, 7) is 5.82. The Bertz CT molecular complexity index is 2470. The minimum Gasteiger partial charge on any atom is -0.469 e. The normalized spacial score (nSPS) is 22.6. The number of hydrogen-bond donors (Lipinski definition) is 4. The summed E-state index contributed by atoms with van der Waals surface area (Å²) in [6.07, 6.45) is 2.48. The molecule has 1 saturated carbocycles. The van der Waals surface area contributed by atoms with Crippen LogP contribution < -0.4 is 10.6 Å². The molecule has 6 fully saturated rings. The molecule has 3 aromatic rings. The number of ketones is 1. The van der Waals surface area contributed by atoms with Crippen molar-refractivity contribution >= 4 is 47.8 Å². The molecule has 1 aliphatic carbocycles. The van der Waals surface area contributed by atoms with Crippen LogP contribution in [0, 0.1) is 5.92 Å². The summed E-state index contributed by atoms with van der Waals surface area (Å²) in [4.78, 5) is 105. The monoisotopic (exact) mass is 1020 g/mol. The van der Waals surface area contributed by atoms with Gasteiger partial charge in [-0.05, 0) is 82.0 Å². The molecule has 5 heterocycles. The predicted octanol–water partition coefficient (Wildman–Crippen LogP) is 4.23. The number of esters is 1. The molecule has 74 heavy (non-hydrogen) atoms. The average Bonchev–Trinajstić information content (AvgIpc) is 4.21. The molecule has 3 spiro atoms. The minimum atomic E-state index is -1.14. The summed E-state index contributed by atoms with van der Waals surface area (Å²) in [6, 6.07) is 26.7. The molecule has 4 N–H and O–H groups in total. The number of nitrogens with zero attached hydrogens (tertiary/aromatic N) is 4. The molecule has 0 radical (unpaired) electrons. The van der Waals surface area contributed by atoms with Crippen molar-refractivity contribution in [2.24, 2.45) is 5.92 Å². The van der Waals surface area contributed by atoms with Gasteiger partial charge in [0.25, 0.3) is 5.91 Å². The first-order valence-electron chi connectivity index (χ1n) is 25.3. The van der Waals surface area contributed by atoms with E-state index < -0.39 is 77.2 Å². The van der Waals surface area contributed by atoms with Crippen LogP contribution in [0.25, 0.3) is 0 Å². The van der Waals surface area contributed by atoms with Gasteiger partial charge >= 0.3 is 24.2 Å². The topological polar surface area (TPSA) is 251 Å². The summed E-state index contributed by atoms with van der Waals surface area (Å²) < 4.78 is 20.6. The van der Waals surface area contributed by atoms with Crippen LogP contribution in [0.2, 0.25) is 0 Å². The van der Waals surface area contributed by atoms with E-state index in [1.54, 1.807) is 9.80 Å². The molecular weight excluding hydrogens is 957 g/mol. The van der Waals surface area contributed by atoms with E-state index in [4.69, 9.17) is 14.2 Å². The number of alkyl carbamates (subject to hydrolysis) is 1. The van der Waals surface area contributed by atoms with Gasteiger partial charge in [-0.2, -0.15) is 0 Å². The molecule has 6 atom stereocenters. The Morgan fingerprint density at radius 2 is 1.20 bits per heavy atom. The summed E-state index contributed by atoms with van der Waals surface area (Å²) in [5, 5.41) is 25.8. The van der Waals surface area contributed by atoms with E-state index in [9.17, 15) is 48.6 Å². The second-order valence-electron chi connectivity index (χ2n) is 19.9. The number of Topliss-reactive ketones (excluding diaryl/α,β-unsaturated/α-hetero) is 1. The first-order valence-corrected chi connectivity index (χ1v) is 25.3. The molecule has 9 rings (SSSR count). The number of carbonyl (C=O) groups is 8. The molecule has 0 bridgehead atoms. The highest BCUT2D eigenvalue weighted by molar-refractivity contribution is 6.08. The number of ether oxygens (including phenoxy) is 4. The van der Waals surface area contributed by atoms with Crippen LogP contribution in [0.3, 0.4) is 0 Å². The first kappa shape index (κ1) is 54.9. The van der Waals surface area contributed by atoms with Gasteiger partial charge in [0.1, 0.15) is 31.4 Å². The third-order valence-electron chi connectivity index (χ3n) is 14.9. The van der Waals surface area contributed by atoms with Crippen LogP contribution >= 0.6 is 0 Å². The minimum absolute atomic E-state index is 0.0139. The largest absolute Gasteiger partial charge is 0.469 e. The number of nitrogens with one attached hydrogen (secondary N) is 2. The van der Waals surface area contributed by atoms with Crippen LogP contribution in [0.4, 0.5) is 14.4 Å². The van der Waals surface area contributed by atoms with Gasteiger partial charge in [0.2, 0.25) is 11.8 Å². The number of rotatable bonds is 13. The zero-order valence-corrected chi connectivity index (χ0v) is 42.3. The zero-order chi connectivity index (χ0) is 53.0. The third-order valence-corrected chi connectivity index (χ3v) is 14.9. The molecule has 3 aromatic carbocycles. The number of methoxy groups -OCH3 is 1. The van der Waals surface area contributed by atoms with Crippen molar-refractivity contribution in [1.29, 1.82) is 0 Å². The number of imide groups is 1. The lowest BCUT2D eigenvalue weighted by Crippen LogP contribution is -2.74. The van der Waals surface area contributed by atoms with Crippen molar-refractivity contribution in [3.05, 3.63) is 108 Å². The van der Waals surface area contributed by atoms with Crippen LogP contribution in [0.1, 0.15) is 88.3 Å². The number of hydrogen-bond acceptors (Lipinski definition) is 15. The van der Waals surface area contributed by atoms with Gasteiger partial charge in [0, 0.05) is 32.6 Å². The van der Waals surface area contributed by atoms with Crippen molar-refractivity contribution in [2.45, 2.75) is 126 Å². The van der Waals surface area contributed by atoms with Crippen LogP contribution in [-0.2, 0) is 62.7 Å². The van der Waals surface area contributed by atoms with Gasteiger partial charge in [-0.15, -0.1) is 0 Å². The lowest BCUT2D eigenvalue weighted by Gasteiger charge is -2.52. The smallest absolute Gasteiger partial charge is 0.411 e. The van der Waals surface area contributed by atoms with Crippen LogP contribution in [-0.4, -0.2) is 159 Å². The number of aliphatic hydroxyl groups is 2. The Balaban J connectivity index is 0.000000186. The van der Waals surface area contributed by atoms with Gasteiger partial charge in [0.05, 0.1) is 49.3 Å². The number of amides is 6. The Labute approximate surface area is 430 Å². The fraction of sp³-hybridized carbons (Fsp3) is 0.519. The van der Waals surface area contributed by atoms with Gasteiger partial charge < -0.3 is 44.7 Å². The third kappa shape index (κ3) is 12.5. The Kier molecular flexibility index (Phi) is 18.1. The quantitative estimate of drug-likeness (QED) is 0.106. The molecule has 5 aliphatic heterocycles. The number of β-lactam (4-membered cyclic amide) rings is 1. The van der Waals surface area contributed by atoms with Gasteiger partial charge in [-0.3, -0.25) is 38.7 Å². The maximum atomic E-state index is 13.1. The van der Waals surface area contributed by atoms with Crippen LogP contribution in [0.15, 0.2) is 91.0 Å². The van der Waals surface area contributed by atoms with E-state index in [2.05, 4.69) is 15.4 Å². The molecule has 0 aromatic heterocycles. The van der Waals surface area contributed by atoms with Gasteiger partial charge in [-0.25, -0.2) is 14.4 Å². The number of carbonyl (C=O) groups excluding carboxylic acids is 8. The lowest BCUT2D eigenvalue weighted by molar-refractivity contribution is -0.173. The van der Waals surface area contributed by atoms with E-state index in [1.165, 1.54) is 32.3 Å². The van der Waals surface area contributed by atoms with Gasteiger partial charge in [0.15, 0.2) is 5.78 Å². The second-order valence-corrected chi connectivity index (χ2v) is 19.9. The summed E-state index contributed by atoms with van der Waals surface area (Å²) in [5.41, 5.74) is 0.967. The number of benzene rings is 3. The Hall–Kier alpha value is -6.90. The molecule has 20 heteroatoms. The highest BCUT2D eigenvalue weighted by Gasteiger charge is 2.63. The zero-order valence-electron chi connectivity index (χ0n) is 42.3. The highest BCUT2D eigenvalue weighted by Crippen LogP contribution is 2.41. The molecule has 6 amide bonds. The maximum absolute atomic E-state index is 13.1. The highest BCUT2D eigenvalue weighted by atomic mass is 16.6. The molecule has 6 unspecified atom stereocenters. The Morgan fingerprint density at radius 3 is 1.66 bits per heavy atom. The van der Waals surface area contributed by atoms with Crippen LogP contribution in [0.5, 0.6) is 0 Å². The molecular formula is C54H68N6O14. The molecule has 398 valence electrons. The summed E-state index contributed by atoms with van der Waals surface area (Å²) in [7, 11) is 1.19. The van der Waals surface area contributed by atoms with E-state index in [1.807, 2.05) is 91.0 Å². The molecule has 20 nitrogen and oxygen atoms in total. The van der Waals surface area contributed by atoms with E-state index in [0.717, 1.165) is 60.2 Å². The SMILES string of the molecule is CC(O)C(NC(=O)OCc1ccccc1)C(=O)N1CC2(CCCN2C(=O)OCc2ccccc2)C1.COC(=O)CC(C(=O)N1CC2(CCCN2C(=O)OCc2ccccc2)C1=O)C(C)O.O=C1CCC12CCCN2. The number of likely N-dealkylation sites (tertiary alicyclic amines) is 4. The summed E-state index contributed by atoms with van der Waals surface area (Å²) >= 11 is 0. The number of aliphatic hydroxyl groups excluding tert-OH is 2. The van der Waals surface area contributed by atoms with Crippen molar-refractivity contribution in [1.82, 2.24) is 30.2 Å². The molecule has 6 aliphatic rings.